The van der Waals surface area contributed by atoms with Crippen molar-refractivity contribution >= 4 is 11.5 Å². The second-order valence-corrected chi connectivity index (χ2v) is 4.79. The van der Waals surface area contributed by atoms with E-state index in [1.54, 1.807) is 0 Å². The fourth-order valence-corrected chi connectivity index (χ4v) is 1.03. The maximum Gasteiger partial charge on any atom is 0.126 e. The Kier molecular flexibility index (Phi) is 2.99. The lowest BCUT2D eigenvalue weighted by Crippen LogP contribution is -2.19. The number of nitrogens with zero attached hydrogens (tertiary/aromatic N) is 1. The lowest BCUT2D eigenvalue weighted by Gasteiger charge is -2.19. The van der Waals surface area contributed by atoms with Crippen molar-refractivity contribution in [3.63, 3.8) is 0 Å². The molecule has 0 aliphatic rings. The molecule has 3 heteroatoms. The van der Waals surface area contributed by atoms with Gasteiger partial charge in [0.25, 0.3) is 0 Å². The molecule has 0 unspecified atom stereocenters. The fraction of sp³-hybridized carbons (Fsp3) is 0.545. The van der Waals surface area contributed by atoms with Crippen LogP contribution in [0.3, 0.4) is 0 Å². The first-order valence-electron chi connectivity index (χ1n) is 4.85. The molecule has 3 nitrogen and oxygen atoms in total. The third kappa shape index (κ3) is 3.24. The fourth-order valence-electron chi connectivity index (χ4n) is 1.03. The predicted octanol–water partition coefficient (Wildman–Crippen LogP) is 2.43. The summed E-state index contributed by atoms with van der Waals surface area (Å²) in [4.78, 5) is 4.34. The van der Waals surface area contributed by atoms with Crippen LogP contribution in [0, 0.1) is 12.3 Å². The molecule has 78 valence electrons. The van der Waals surface area contributed by atoms with E-state index in [-0.39, 0.29) is 5.41 Å². The van der Waals surface area contributed by atoms with Crippen molar-refractivity contribution in [3.8, 4) is 0 Å². The molecule has 14 heavy (non-hydrogen) atoms. The monoisotopic (exact) mass is 193 g/mol. The molecular weight excluding hydrogens is 174 g/mol. The Hall–Kier alpha value is -1.25. The molecule has 0 aromatic carbocycles. The van der Waals surface area contributed by atoms with Crippen LogP contribution in [0.2, 0.25) is 0 Å². The van der Waals surface area contributed by atoms with Crippen molar-refractivity contribution in [1.29, 1.82) is 0 Å². The summed E-state index contributed by atoms with van der Waals surface area (Å²) in [5.74, 6) is 0.895. The summed E-state index contributed by atoms with van der Waals surface area (Å²) in [6.45, 7) is 9.37. The summed E-state index contributed by atoms with van der Waals surface area (Å²) in [7, 11) is 0. The standard InChI is InChI=1S/C11H19N3/c1-8-9(12)5-6-10(14-8)13-7-11(2,3)4/h5-6H,7,12H2,1-4H3,(H,13,14). The van der Waals surface area contributed by atoms with Crippen molar-refractivity contribution < 1.29 is 0 Å². The molecule has 0 atom stereocenters. The van der Waals surface area contributed by atoms with Gasteiger partial charge in [-0.2, -0.15) is 0 Å². The van der Waals surface area contributed by atoms with Crippen LogP contribution < -0.4 is 11.1 Å². The number of rotatable bonds is 2. The second kappa shape index (κ2) is 3.86. The van der Waals surface area contributed by atoms with E-state index in [1.165, 1.54) is 0 Å². The van der Waals surface area contributed by atoms with Gasteiger partial charge in [0.15, 0.2) is 0 Å². The lowest BCUT2D eigenvalue weighted by atomic mass is 9.97. The number of hydrogen-bond acceptors (Lipinski definition) is 3. The zero-order valence-corrected chi connectivity index (χ0v) is 9.39. The average molecular weight is 193 g/mol. The van der Waals surface area contributed by atoms with E-state index in [0.29, 0.717) is 0 Å². The first kappa shape index (κ1) is 10.8. The normalized spacial score (nSPS) is 11.4. The molecule has 0 saturated carbocycles. The van der Waals surface area contributed by atoms with E-state index < -0.39 is 0 Å². The Bertz CT molecular complexity index is 313. The number of nitrogen functional groups attached to an aromatic ring is 1. The highest BCUT2D eigenvalue weighted by atomic mass is 15.0. The number of anilines is 2. The van der Waals surface area contributed by atoms with Crippen LogP contribution in [-0.2, 0) is 0 Å². The van der Waals surface area contributed by atoms with Gasteiger partial charge < -0.3 is 11.1 Å². The van der Waals surface area contributed by atoms with E-state index in [1.807, 2.05) is 19.1 Å². The number of aryl methyl sites for hydroxylation is 1. The number of nitrogens with one attached hydrogen (secondary N) is 1. The SMILES string of the molecule is Cc1nc(NCC(C)(C)C)ccc1N. The van der Waals surface area contributed by atoms with Crippen molar-refractivity contribution in [2.45, 2.75) is 27.7 Å². The molecule has 0 saturated heterocycles. The first-order valence-corrected chi connectivity index (χ1v) is 4.85. The number of pyridine rings is 1. The van der Waals surface area contributed by atoms with E-state index in [0.717, 1.165) is 23.7 Å². The summed E-state index contributed by atoms with van der Waals surface area (Å²) in [6.07, 6.45) is 0. The maximum absolute atomic E-state index is 5.68. The second-order valence-electron chi connectivity index (χ2n) is 4.79. The van der Waals surface area contributed by atoms with Crippen LogP contribution >= 0.6 is 0 Å². The van der Waals surface area contributed by atoms with Gasteiger partial charge in [0.2, 0.25) is 0 Å². The molecule has 1 heterocycles. The highest BCUT2D eigenvalue weighted by molar-refractivity contribution is 5.49. The minimum atomic E-state index is 0.261. The molecule has 0 amide bonds. The molecule has 0 spiro atoms. The molecule has 0 aliphatic heterocycles. The Morgan fingerprint density at radius 1 is 1.36 bits per heavy atom. The topological polar surface area (TPSA) is 50.9 Å². The van der Waals surface area contributed by atoms with Gasteiger partial charge >= 0.3 is 0 Å². The summed E-state index contributed by atoms with van der Waals surface area (Å²) >= 11 is 0. The van der Waals surface area contributed by atoms with Gasteiger partial charge in [-0.1, -0.05) is 20.8 Å². The van der Waals surface area contributed by atoms with Crippen LogP contribution in [0.5, 0.6) is 0 Å². The van der Waals surface area contributed by atoms with E-state index in [2.05, 4.69) is 31.1 Å². The highest BCUT2D eigenvalue weighted by Gasteiger charge is 2.09. The van der Waals surface area contributed by atoms with E-state index in [4.69, 9.17) is 5.73 Å². The van der Waals surface area contributed by atoms with Crippen LogP contribution in [0.15, 0.2) is 12.1 Å². The largest absolute Gasteiger partial charge is 0.397 e. The van der Waals surface area contributed by atoms with Crippen LogP contribution in [0.1, 0.15) is 26.5 Å². The Morgan fingerprint density at radius 2 is 2.00 bits per heavy atom. The third-order valence-corrected chi connectivity index (χ3v) is 1.93. The van der Waals surface area contributed by atoms with Crippen molar-refractivity contribution in [3.05, 3.63) is 17.8 Å². The zero-order chi connectivity index (χ0) is 10.8. The maximum atomic E-state index is 5.68. The van der Waals surface area contributed by atoms with Gasteiger partial charge in [0.1, 0.15) is 5.82 Å². The van der Waals surface area contributed by atoms with Gasteiger partial charge in [0, 0.05) is 6.54 Å². The van der Waals surface area contributed by atoms with E-state index >= 15 is 0 Å². The smallest absolute Gasteiger partial charge is 0.126 e. The molecule has 0 bridgehead atoms. The summed E-state index contributed by atoms with van der Waals surface area (Å²) in [6, 6.07) is 3.79. The number of nitrogens with two attached hydrogens (primary N) is 1. The van der Waals surface area contributed by atoms with Crippen molar-refractivity contribution in [2.24, 2.45) is 5.41 Å². The van der Waals surface area contributed by atoms with Gasteiger partial charge in [-0.25, -0.2) is 4.98 Å². The van der Waals surface area contributed by atoms with Gasteiger partial charge in [-0.05, 0) is 24.5 Å². The molecule has 1 aromatic rings. The summed E-state index contributed by atoms with van der Waals surface area (Å²) in [5.41, 5.74) is 7.56. The predicted molar refractivity (Wildman–Crippen MR) is 61.3 cm³/mol. The van der Waals surface area contributed by atoms with Crippen LogP contribution in [-0.4, -0.2) is 11.5 Å². The quantitative estimate of drug-likeness (QED) is 0.758. The van der Waals surface area contributed by atoms with Gasteiger partial charge in [-0.15, -0.1) is 0 Å². The molecule has 1 rings (SSSR count). The Balaban J connectivity index is 2.65. The molecule has 0 aliphatic carbocycles. The minimum absolute atomic E-state index is 0.261. The van der Waals surface area contributed by atoms with Crippen LogP contribution in [0.25, 0.3) is 0 Å². The molecule has 0 radical (unpaired) electrons. The summed E-state index contributed by atoms with van der Waals surface area (Å²) < 4.78 is 0. The molecule has 0 fully saturated rings. The lowest BCUT2D eigenvalue weighted by molar-refractivity contribution is 0.442. The van der Waals surface area contributed by atoms with Crippen molar-refractivity contribution in [1.82, 2.24) is 4.98 Å². The third-order valence-electron chi connectivity index (χ3n) is 1.93. The Morgan fingerprint density at radius 3 is 2.50 bits per heavy atom. The molecular formula is C11H19N3. The van der Waals surface area contributed by atoms with Gasteiger partial charge in [0.05, 0.1) is 11.4 Å². The first-order chi connectivity index (χ1) is 6.38. The number of aromatic nitrogens is 1. The van der Waals surface area contributed by atoms with Gasteiger partial charge in [-0.3, -0.25) is 0 Å². The summed E-state index contributed by atoms with van der Waals surface area (Å²) in [5, 5.41) is 3.29. The van der Waals surface area contributed by atoms with Crippen molar-refractivity contribution in [2.75, 3.05) is 17.6 Å². The number of hydrogen-bond donors (Lipinski definition) is 2. The molecule has 3 N–H and O–H groups in total. The molecule has 1 aromatic heterocycles. The van der Waals surface area contributed by atoms with Crippen LogP contribution in [0.4, 0.5) is 11.5 Å². The highest BCUT2D eigenvalue weighted by Crippen LogP contribution is 2.16. The minimum Gasteiger partial charge on any atom is -0.397 e. The van der Waals surface area contributed by atoms with E-state index in [9.17, 15) is 0 Å². The Labute approximate surface area is 85.7 Å². The zero-order valence-electron chi connectivity index (χ0n) is 9.39. The average Bonchev–Trinajstić information content (AvgIpc) is 2.06.